The van der Waals surface area contributed by atoms with Crippen molar-refractivity contribution in [2.45, 2.75) is 182 Å². The lowest BCUT2D eigenvalue weighted by Gasteiger charge is -2.32. The van der Waals surface area contributed by atoms with Crippen LogP contribution in [-0.2, 0) is 35.3 Å². The molecule has 15 heteroatoms. The summed E-state index contributed by atoms with van der Waals surface area (Å²) in [6.07, 6.45) is 19.5. The summed E-state index contributed by atoms with van der Waals surface area (Å²) in [5.74, 6) is 6.67. The zero-order chi connectivity index (χ0) is 53.2. The number of fused-ring (bicyclic) bond motifs is 2. The molecule has 9 N–H and O–H groups in total. The van der Waals surface area contributed by atoms with Gasteiger partial charge in [0.05, 0.1) is 17.4 Å². The summed E-state index contributed by atoms with van der Waals surface area (Å²) >= 11 is 0. The van der Waals surface area contributed by atoms with E-state index < -0.39 is 6.04 Å². The molecular weight excluding hydrogens is 900 g/mol. The predicted octanol–water partition coefficient (Wildman–Crippen LogP) is 9.33. The monoisotopic (exact) mass is 1000 g/mol. The Kier molecular flexibility index (Phi) is 51.2. The van der Waals surface area contributed by atoms with Crippen LogP contribution >= 0.6 is 9.24 Å². The lowest BCUT2D eigenvalue weighted by molar-refractivity contribution is -0.122. The zero-order valence-electron chi connectivity index (χ0n) is 45.3. The quantitative estimate of drug-likeness (QED) is 0.0142. The largest absolute Gasteiger partial charge is 0.396 e. The van der Waals surface area contributed by atoms with Gasteiger partial charge in [-0.3, -0.25) is 9.59 Å². The van der Waals surface area contributed by atoms with Gasteiger partial charge in [0.25, 0.3) is 0 Å². The van der Waals surface area contributed by atoms with Crippen molar-refractivity contribution in [1.29, 1.82) is 0 Å². The smallest absolute Gasteiger partial charge is 0.236 e. The number of aldehydes is 3. The Labute approximate surface area is 428 Å². The third-order valence-electron chi connectivity index (χ3n) is 10.5. The molecule has 0 saturated heterocycles. The van der Waals surface area contributed by atoms with E-state index in [9.17, 15) is 24.0 Å². The summed E-state index contributed by atoms with van der Waals surface area (Å²) in [5.41, 5.74) is 19.5. The molecule has 3 atom stereocenters. The first-order valence-electron chi connectivity index (χ1n) is 26.3. The predicted molar refractivity (Wildman–Crippen MR) is 300 cm³/mol. The molecule has 1 aliphatic rings. The van der Waals surface area contributed by atoms with Crippen LogP contribution in [0.15, 0.2) is 48.5 Å². The fraction of sp³-hybridized carbons (Fsp3) is 0.655. The number of para-hydroxylation sites is 1. The first-order valence-corrected chi connectivity index (χ1v) is 26.9. The topological polar surface area (TPSA) is 215 Å². The van der Waals surface area contributed by atoms with E-state index >= 15 is 0 Å². The Bertz CT molecular complexity index is 1610. The highest BCUT2D eigenvalue weighted by Gasteiger charge is 2.23. The van der Waals surface area contributed by atoms with Crippen LogP contribution in [0, 0.1) is 0 Å². The second-order valence-corrected chi connectivity index (χ2v) is 18.2. The van der Waals surface area contributed by atoms with Crippen molar-refractivity contribution in [3.8, 4) is 0 Å². The fourth-order valence-corrected chi connectivity index (χ4v) is 6.98. The Balaban J connectivity index is -0.00000111. The van der Waals surface area contributed by atoms with Crippen LogP contribution in [0.4, 0.5) is 5.69 Å². The second kappa shape index (κ2) is 51.2. The molecule has 0 saturated carbocycles. The minimum atomic E-state index is -0.508. The summed E-state index contributed by atoms with van der Waals surface area (Å²) < 4.78 is 5.06. The maximum absolute atomic E-state index is 12.3. The van der Waals surface area contributed by atoms with Crippen LogP contribution in [0.5, 0.6) is 0 Å². The maximum atomic E-state index is 12.3. The number of benzene rings is 2. The minimum absolute atomic E-state index is 0.0814. The number of nitrogens with zero attached hydrogens (tertiary/aromatic N) is 2. The molecule has 14 nitrogen and oxygen atoms in total. The van der Waals surface area contributed by atoms with Gasteiger partial charge in [-0.25, -0.2) is 5.84 Å². The standard InChI is InChI=1S/C29H44N6O2.C11H21NO2.C6H16NP.C4H6O2.C3H8.C2H6/c1-34-21-22-13-5-6-14-23(22)27(31)28(24-15-7-8-17-26(24)34)35(32)19-11-9-16-25(30)29(36)33-18-10-3-4-12-20-37-2;1-2-3-6-9-12-11(14)8-5-4-7-10-13;1-6(8)4-3-5-7-2;5-3-1-2-4-6;1-3-2;1-2/h5-8,13-15,17,25H,3-4,9-12,16,18-21,30-32H2,1-2H3,(H,33,36);10H,2-9H2,1H3,(H,12,14);6-7H,3-5,8H2,1-2H3;3-4H,1-2H2;3H2,1-2H3;1-2H3/b28-27-;;;;;. The molecule has 0 bridgehead atoms. The van der Waals surface area contributed by atoms with Crippen molar-refractivity contribution < 1.29 is 28.7 Å². The van der Waals surface area contributed by atoms with Crippen LogP contribution in [0.2, 0.25) is 0 Å². The number of amides is 2. The number of carbonyl (C=O) groups is 5. The molecule has 1 aliphatic heterocycles. The molecule has 2 amide bonds. The van der Waals surface area contributed by atoms with E-state index in [1.807, 2.05) is 45.2 Å². The number of hydrogen-bond acceptors (Lipinski definition) is 12. The van der Waals surface area contributed by atoms with Gasteiger partial charge >= 0.3 is 0 Å². The van der Waals surface area contributed by atoms with Gasteiger partial charge in [0.15, 0.2) is 0 Å². The van der Waals surface area contributed by atoms with Crippen molar-refractivity contribution in [3.63, 3.8) is 0 Å². The number of nitrogens with one attached hydrogen (secondary N) is 3. The molecule has 3 unspecified atom stereocenters. The Morgan fingerprint density at radius 1 is 0.771 bits per heavy atom. The SMILES string of the molecule is CC.CCC.CCCCCNC(=O)CCCCC=O.CNCCCC(C)P.COCCCCCCNC(=O)C(N)CCCCN(N)/C1=C(\N)c2ccccc2CN(C)c2ccccc21.O=CCCC=O. The van der Waals surface area contributed by atoms with E-state index in [1.165, 1.54) is 32.1 Å². The van der Waals surface area contributed by atoms with Crippen LogP contribution in [-0.4, -0.2) is 101 Å². The average molecular weight is 1000 g/mol. The number of hydrazine groups is 1. The van der Waals surface area contributed by atoms with Gasteiger partial charge in [0, 0.05) is 89.4 Å². The van der Waals surface area contributed by atoms with Crippen molar-refractivity contribution >= 4 is 57.0 Å². The van der Waals surface area contributed by atoms with E-state index in [2.05, 4.69) is 89.1 Å². The van der Waals surface area contributed by atoms with Crippen LogP contribution in [0.1, 0.15) is 180 Å². The van der Waals surface area contributed by atoms with Gasteiger partial charge in [0.2, 0.25) is 11.8 Å². The number of ether oxygens (including phenoxy) is 1. The highest BCUT2D eigenvalue weighted by molar-refractivity contribution is 7.17. The van der Waals surface area contributed by atoms with Gasteiger partial charge in [0.1, 0.15) is 18.9 Å². The number of anilines is 1. The summed E-state index contributed by atoms with van der Waals surface area (Å²) in [6.45, 7) is 17.4. The summed E-state index contributed by atoms with van der Waals surface area (Å²) in [5, 5.41) is 10.7. The molecule has 0 aliphatic carbocycles. The Hall–Kier alpha value is -4.20. The molecule has 1 heterocycles. The fourth-order valence-electron chi connectivity index (χ4n) is 6.75. The second-order valence-electron chi connectivity index (χ2n) is 17.1. The van der Waals surface area contributed by atoms with Crippen molar-refractivity contribution in [2.75, 3.05) is 58.9 Å². The van der Waals surface area contributed by atoms with Gasteiger partial charge < -0.3 is 56.4 Å². The summed E-state index contributed by atoms with van der Waals surface area (Å²) in [6, 6.07) is 15.9. The van der Waals surface area contributed by atoms with Crippen molar-refractivity contribution in [1.82, 2.24) is 21.0 Å². The molecule has 2 aromatic rings. The number of unbranched alkanes of at least 4 members (excludes halogenated alkanes) is 9. The lowest BCUT2D eigenvalue weighted by Crippen LogP contribution is -2.41. The summed E-state index contributed by atoms with van der Waals surface area (Å²) in [7, 11) is 8.60. The molecule has 0 aromatic heterocycles. The van der Waals surface area contributed by atoms with Crippen LogP contribution in [0.25, 0.3) is 11.4 Å². The number of methoxy groups -OCH3 is 1. The van der Waals surface area contributed by atoms with Gasteiger partial charge in [-0.2, -0.15) is 0 Å². The van der Waals surface area contributed by atoms with E-state index in [0.717, 1.165) is 137 Å². The molecule has 3 rings (SSSR count). The molecule has 70 heavy (non-hydrogen) atoms. The summed E-state index contributed by atoms with van der Waals surface area (Å²) in [4.78, 5) is 54.5. The maximum Gasteiger partial charge on any atom is 0.236 e. The van der Waals surface area contributed by atoms with E-state index in [0.29, 0.717) is 50.9 Å². The number of hydrogen-bond donors (Lipinski definition) is 6. The third kappa shape index (κ3) is 37.6. The van der Waals surface area contributed by atoms with Crippen LogP contribution in [0.3, 0.4) is 0 Å². The van der Waals surface area contributed by atoms with Crippen molar-refractivity contribution in [3.05, 3.63) is 65.2 Å². The first-order chi connectivity index (χ1) is 33.8. The Morgan fingerprint density at radius 3 is 1.96 bits per heavy atom. The molecule has 0 radical (unpaired) electrons. The minimum Gasteiger partial charge on any atom is -0.396 e. The van der Waals surface area contributed by atoms with E-state index in [1.54, 1.807) is 12.1 Å². The van der Waals surface area contributed by atoms with E-state index in [4.69, 9.17) is 22.0 Å². The highest BCUT2D eigenvalue weighted by Crippen LogP contribution is 2.36. The number of rotatable bonds is 30. The molecule has 0 fully saturated rings. The third-order valence-corrected chi connectivity index (χ3v) is 10.8. The van der Waals surface area contributed by atoms with Crippen LogP contribution < -0.4 is 38.2 Å². The van der Waals surface area contributed by atoms with E-state index in [-0.39, 0.29) is 11.8 Å². The number of nitrogens with two attached hydrogens (primary N) is 3. The first kappa shape index (κ1) is 70.1. The zero-order valence-corrected chi connectivity index (χ0v) is 46.5. The van der Waals surface area contributed by atoms with Gasteiger partial charge in [-0.1, -0.05) is 116 Å². The average Bonchev–Trinajstić information content (AvgIpc) is 3.36. The molecule has 2 aromatic carbocycles. The lowest BCUT2D eigenvalue weighted by atomic mass is 9.96. The Morgan fingerprint density at radius 2 is 1.36 bits per heavy atom. The van der Waals surface area contributed by atoms with Gasteiger partial charge in [-0.15, -0.1) is 9.24 Å². The number of carbonyl (C=O) groups excluding carboxylic acids is 5. The molecular formula is C55H101N8O6P. The molecule has 0 spiro atoms. The molecule has 402 valence electrons. The van der Waals surface area contributed by atoms with Gasteiger partial charge in [-0.05, 0) is 95.1 Å². The normalized spacial score (nSPS) is 12.9. The highest BCUT2D eigenvalue weighted by atomic mass is 31.0. The van der Waals surface area contributed by atoms with Crippen molar-refractivity contribution in [2.24, 2.45) is 17.3 Å².